The van der Waals surface area contributed by atoms with Crippen LogP contribution in [0, 0.1) is 0 Å². The van der Waals surface area contributed by atoms with E-state index in [0.29, 0.717) is 22.9 Å². The molecular formula is C11H10ClNO2. The smallest absolute Gasteiger partial charge is 0.248 e. The molecule has 3 nitrogen and oxygen atoms in total. The van der Waals surface area contributed by atoms with Gasteiger partial charge in [-0.1, -0.05) is 17.7 Å². The van der Waals surface area contributed by atoms with E-state index in [2.05, 4.69) is 4.98 Å². The zero-order valence-corrected chi connectivity index (χ0v) is 8.97. The van der Waals surface area contributed by atoms with Crippen molar-refractivity contribution in [1.29, 1.82) is 0 Å². The molecule has 0 saturated carbocycles. The monoisotopic (exact) mass is 223 g/mol. The Morgan fingerprint density at radius 1 is 1.33 bits per heavy atom. The minimum atomic E-state index is -0.161. The molecule has 0 atom stereocenters. The first-order valence-electron chi connectivity index (χ1n) is 4.66. The summed E-state index contributed by atoms with van der Waals surface area (Å²) in [6.07, 6.45) is 0. The summed E-state index contributed by atoms with van der Waals surface area (Å²) in [5.74, 6) is 0.536. The van der Waals surface area contributed by atoms with Gasteiger partial charge < -0.3 is 9.72 Å². The van der Waals surface area contributed by atoms with Crippen LogP contribution in [0.5, 0.6) is 5.75 Å². The van der Waals surface area contributed by atoms with E-state index in [9.17, 15) is 4.79 Å². The molecule has 4 heteroatoms. The minimum absolute atomic E-state index is 0.161. The number of pyridine rings is 1. The van der Waals surface area contributed by atoms with Gasteiger partial charge in [-0.25, -0.2) is 0 Å². The zero-order chi connectivity index (χ0) is 10.8. The van der Waals surface area contributed by atoms with E-state index >= 15 is 0 Å². The molecule has 0 aliphatic heterocycles. The molecule has 0 unspecified atom stereocenters. The number of rotatable bonds is 2. The van der Waals surface area contributed by atoms with Crippen LogP contribution in [0.25, 0.3) is 10.9 Å². The highest BCUT2D eigenvalue weighted by atomic mass is 35.5. The number of aromatic nitrogens is 1. The van der Waals surface area contributed by atoms with Crippen LogP contribution in [-0.2, 0) is 0 Å². The number of hydrogen-bond acceptors (Lipinski definition) is 2. The van der Waals surface area contributed by atoms with E-state index < -0.39 is 0 Å². The fourth-order valence-corrected chi connectivity index (χ4v) is 1.67. The van der Waals surface area contributed by atoms with E-state index in [1.54, 1.807) is 12.1 Å². The molecule has 78 valence electrons. The summed E-state index contributed by atoms with van der Waals surface area (Å²) < 4.78 is 5.40. The highest BCUT2D eigenvalue weighted by Gasteiger charge is 2.07. The summed E-state index contributed by atoms with van der Waals surface area (Å²) in [6.45, 7) is 2.38. The lowest BCUT2D eigenvalue weighted by atomic mass is 10.2. The molecule has 0 bridgehead atoms. The van der Waals surface area contributed by atoms with Crippen molar-refractivity contribution < 1.29 is 4.74 Å². The number of hydrogen-bond donors (Lipinski definition) is 1. The molecule has 15 heavy (non-hydrogen) atoms. The van der Waals surface area contributed by atoms with Crippen LogP contribution in [0.15, 0.2) is 29.1 Å². The van der Waals surface area contributed by atoms with Gasteiger partial charge in [0.15, 0.2) is 5.75 Å². The number of benzene rings is 1. The molecule has 1 N–H and O–H groups in total. The van der Waals surface area contributed by atoms with Crippen molar-refractivity contribution in [2.45, 2.75) is 6.92 Å². The molecule has 2 rings (SSSR count). The molecule has 0 aliphatic carbocycles. The van der Waals surface area contributed by atoms with Crippen molar-refractivity contribution in [2.75, 3.05) is 6.61 Å². The Kier molecular flexibility index (Phi) is 2.64. The predicted octanol–water partition coefficient (Wildman–Crippen LogP) is 2.58. The Bertz CT molecular complexity index is 548. The minimum Gasteiger partial charge on any atom is -0.490 e. The van der Waals surface area contributed by atoms with Crippen LogP contribution in [0.4, 0.5) is 0 Å². The van der Waals surface area contributed by atoms with Gasteiger partial charge in [0.2, 0.25) is 5.56 Å². The van der Waals surface area contributed by atoms with Crippen LogP contribution in [0.2, 0.25) is 5.02 Å². The summed E-state index contributed by atoms with van der Waals surface area (Å²) in [4.78, 5) is 13.9. The maximum Gasteiger partial charge on any atom is 0.248 e. The van der Waals surface area contributed by atoms with Gasteiger partial charge in [-0.2, -0.15) is 0 Å². The predicted molar refractivity (Wildman–Crippen MR) is 60.7 cm³/mol. The normalized spacial score (nSPS) is 10.5. The van der Waals surface area contributed by atoms with Gasteiger partial charge in [-0.05, 0) is 19.1 Å². The largest absolute Gasteiger partial charge is 0.490 e. The Balaban J connectivity index is 2.78. The van der Waals surface area contributed by atoms with Gasteiger partial charge in [0.25, 0.3) is 0 Å². The van der Waals surface area contributed by atoms with Crippen molar-refractivity contribution >= 4 is 22.5 Å². The Labute approximate surface area is 91.6 Å². The lowest BCUT2D eigenvalue weighted by molar-refractivity contribution is 0.344. The van der Waals surface area contributed by atoms with E-state index in [0.717, 1.165) is 5.39 Å². The lowest BCUT2D eigenvalue weighted by Gasteiger charge is -2.08. The van der Waals surface area contributed by atoms with Crippen molar-refractivity contribution in [3.63, 3.8) is 0 Å². The highest BCUT2D eigenvalue weighted by molar-refractivity contribution is 6.33. The van der Waals surface area contributed by atoms with E-state index in [1.165, 1.54) is 6.07 Å². The summed E-state index contributed by atoms with van der Waals surface area (Å²) in [6, 6.07) is 6.82. The first-order valence-corrected chi connectivity index (χ1v) is 5.04. The topological polar surface area (TPSA) is 42.1 Å². The van der Waals surface area contributed by atoms with Gasteiger partial charge in [-0.3, -0.25) is 4.79 Å². The van der Waals surface area contributed by atoms with Crippen molar-refractivity contribution in [2.24, 2.45) is 0 Å². The van der Waals surface area contributed by atoms with Gasteiger partial charge >= 0.3 is 0 Å². The van der Waals surface area contributed by atoms with Crippen molar-refractivity contribution in [3.05, 3.63) is 39.6 Å². The Hall–Kier alpha value is -1.48. The summed E-state index contributed by atoms with van der Waals surface area (Å²) in [5, 5.41) is 1.41. The van der Waals surface area contributed by atoms with Gasteiger partial charge in [-0.15, -0.1) is 0 Å². The fraction of sp³-hybridized carbons (Fsp3) is 0.182. The van der Waals surface area contributed by atoms with Crippen LogP contribution < -0.4 is 10.3 Å². The second kappa shape index (κ2) is 3.95. The molecule has 1 aromatic carbocycles. The molecule has 0 spiro atoms. The number of fused-ring (bicyclic) bond motifs is 1. The molecule has 1 heterocycles. The first-order chi connectivity index (χ1) is 7.22. The number of ether oxygens (including phenoxy) is 1. The van der Waals surface area contributed by atoms with Crippen molar-refractivity contribution in [1.82, 2.24) is 4.98 Å². The zero-order valence-electron chi connectivity index (χ0n) is 8.21. The van der Waals surface area contributed by atoms with Crippen LogP contribution in [-0.4, -0.2) is 11.6 Å². The summed E-state index contributed by atoms with van der Waals surface area (Å²) >= 11 is 5.99. The average molecular weight is 224 g/mol. The fourth-order valence-electron chi connectivity index (χ4n) is 1.46. The molecule has 0 saturated heterocycles. The number of halogens is 1. The third-order valence-electron chi connectivity index (χ3n) is 2.09. The standard InChI is InChI=1S/C11H10ClNO2/c1-2-15-11-8(12)5-3-7-4-6-9(14)13-10(7)11/h3-6H,2H2,1H3,(H,13,14). The quantitative estimate of drug-likeness (QED) is 0.850. The van der Waals surface area contributed by atoms with Crippen molar-refractivity contribution in [3.8, 4) is 5.75 Å². The molecule has 0 radical (unpaired) electrons. The van der Waals surface area contributed by atoms with E-state index in [4.69, 9.17) is 16.3 Å². The second-order valence-electron chi connectivity index (χ2n) is 3.10. The van der Waals surface area contributed by atoms with Crippen LogP contribution in [0.3, 0.4) is 0 Å². The highest BCUT2D eigenvalue weighted by Crippen LogP contribution is 2.31. The first kappa shape index (κ1) is 10.1. The molecule has 0 aliphatic rings. The maximum absolute atomic E-state index is 11.2. The Morgan fingerprint density at radius 3 is 2.80 bits per heavy atom. The third kappa shape index (κ3) is 1.83. The maximum atomic E-state index is 11.2. The molecular weight excluding hydrogens is 214 g/mol. The van der Waals surface area contributed by atoms with Gasteiger partial charge in [0, 0.05) is 11.5 Å². The molecule has 0 amide bonds. The number of aromatic amines is 1. The number of nitrogens with one attached hydrogen (secondary N) is 1. The summed E-state index contributed by atoms with van der Waals surface area (Å²) in [7, 11) is 0. The second-order valence-corrected chi connectivity index (χ2v) is 3.50. The summed E-state index contributed by atoms with van der Waals surface area (Å²) in [5.41, 5.74) is 0.488. The van der Waals surface area contributed by atoms with Crippen LogP contribution in [0.1, 0.15) is 6.92 Å². The third-order valence-corrected chi connectivity index (χ3v) is 2.39. The van der Waals surface area contributed by atoms with Gasteiger partial charge in [0.1, 0.15) is 0 Å². The van der Waals surface area contributed by atoms with Gasteiger partial charge in [0.05, 0.1) is 17.1 Å². The molecule has 2 aromatic rings. The average Bonchev–Trinajstić information content (AvgIpc) is 2.23. The molecule has 0 fully saturated rings. The SMILES string of the molecule is CCOc1c(Cl)ccc2ccc(=O)[nH]c12. The molecule has 1 aromatic heterocycles. The number of H-pyrrole nitrogens is 1. The lowest BCUT2D eigenvalue weighted by Crippen LogP contribution is -2.04. The van der Waals surface area contributed by atoms with Crippen LogP contribution >= 0.6 is 11.6 Å². The Morgan fingerprint density at radius 2 is 2.07 bits per heavy atom. The van der Waals surface area contributed by atoms with E-state index in [-0.39, 0.29) is 5.56 Å². The van der Waals surface area contributed by atoms with E-state index in [1.807, 2.05) is 13.0 Å².